The predicted molar refractivity (Wildman–Crippen MR) is 97.8 cm³/mol. The van der Waals surface area contributed by atoms with Gasteiger partial charge in [-0.2, -0.15) is 5.10 Å². The molecule has 0 saturated carbocycles. The van der Waals surface area contributed by atoms with Crippen molar-refractivity contribution in [2.24, 2.45) is 0 Å². The molecule has 0 bridgehead atoms. The number of hydrogen-bond acceptors (Lipinski definition) is 5. The highest BCUT2D eigenvalue weighted by Gasteiger charge is 2.15. The van der Waals surface area contributed by atoms with Crippen LogP contribution in [-0.2, 0) is 6.54 Å². The molecule has 4 heterocycles. The normalized spacial score (nSPS) is 10.7. The molecule has 0 radical (unpaired) electrons. The van der Waals surface area contributed by atoms with Crippen molar-refractivity contribution in [1.29, 1.82) is 0 Å². The Kier molecular flexibility index (Phi) is 4.36. The van der Waals surface area contributed by atoms with Crippen molar-refractivity contribution in [1.82, 2.24) is 19.3 Å². The monoisotopic (exact) mass is 361 g/mol. The van der Waals surface area contributed by atoms with Crippen molar-refractivity contribution >= 4 is 11.6 Å². The lowest BCUT2D eigenvalue weighted by molar-refractivity contribution is 0.0994. The summed E-state index contributed by atoms with van der Waals surface area (Å²) in [5.41, 5.74) is 0.363. The van der Waals surface area contributed by atoms with Crippen molar-refractivity contribution < 1.29 is 9.21 Å². The maximum Gasteiger partial charge on any atom is 0.291 e. The highest BCUT2D eigenvalue weighted by Crippen LogP contribution is 2.18. The zero-order chi connectivity index (χ0) is 18.6. The summed E-state index contributed by atoms with van der Waals surface area (Å²) in [7, 11) is 0. The van der Waals surface area contributed by atoms with Crippen LogP contribution in [0.1, 0.15) is 16.3 Å². The number of nitrogens with zero attached hydrogens (tertiary/aromatic N) is 4. The number of aromatic nitrogens is 4. The fourth-order valence-corrected chi connectivity index (χ4v) is 2.60. The maximum atomic E-state index is 12.5. The van der Waals surface area contributed by atoms with Crippen LogP contribution in [0.4, 0.5) is 5.69 Å². The molecule has 8 heteroatoms. The van der Waals surface area contributed by atoms with Crippen molar-refractivity contribution in [3.05, 3.63) is 95.2 Å². The fraction of sp³-hybridized carbons (Fsp3) is 0.0526. The highest BCUT2D eigenvalue weighted by atomic mass is 16.4. The fourth-order valence-electron chi connectivity index (χ4n) is 2.60. The van der Waals surface area contributed by atoms with Crippen LogP contribution in [0.3, 0.4) is 0 Å². The summed E-state index contributed by atoms with van der Waals surface area (Å²) in [5.74, 6) is 0.734. The third-order valence-electron chi connectivity index (χ3n) is 3.87. The zero-order valence-electron chi connectivity index (χ0n) is 14.1. The van der Waals surface area contributed by atoms with E-state index >= 15 is 0 Å². The lowest BCUT2D eigenvalue weighted by Crippen LogP contribution is -2.18. The number of carbonyl (C=O) groups is 1. The number of rotatable bonds is 5. The molecule has 27 heavy (non-hydrogen) atoms. The minimum Gasteiger partial charge on any atom is -0.454 e. The number of furan rings is 1. The first-order valence-corrected chi connectivity index (χ1v) is 8.21. The molecule has 1 amide bonds. The van der Waals surface area contributed by atoms with Crippen LogP contribution in [0.5, 0.6) is 0 Å². The van der Waals surface area contributed by atoms with Crippen molar-refractivity contribution in [2.75, 3.05) is 5.32 Å². The van der Waals surface area contributed by atoms with Crippen LogP contribution in [0.15, 0.2) is 82.5 Å². The van der Waals surface area contributed by atoms with Crippen LogP contribution in [0.25, 0.3) is 5.82 Å². The number of anilines is 1. The summed E-state index contributed by atoms with van der Waals surface area (Å²) in [5, 5.41) is 6.91. The van der Waals surface area contributed by atoms with Gasteiger partial charge in [0.15, 0.2) is 11.6 Å². The Morgan fingerprint density at radius 3 is 2.78 bits per heavy atom. The second-order valence-electron chi connectivity index (χ2n) is 5.71. The van der Waals surface area contributed by atoms with Gasteiger partial charge in [0.1, 0.15) is 5.76 Å². The maximum absolute atomic E-state index is 12.5. The zero-order valence-corrected chi connectivity index (χ0v) is 14.1. The molecule has 4 aromatic heterocycles. The number of carbonyl (C=O) groups excluding carboxylic acids is 1. The third kappa shape index (κ3) is 3.54. The summed E-state index contributed by atoms with van der Waals surface area (Å²) in [6.07, 6.45) is 6.65. The summed E-state index contributed by atoms with van der Waals surface area (Å²) in [6.45, 7) is 0.248. The van der Waals surface area contributed by atoms with E-state index in [4.69, 9.17) is 4.42 Å². The molecule has 8 nitrogen and oxygen atoms in total. The Morgan fingerprint density at radius 2 is 1.96 bits per heavy atom. The second-order valence-corrected chi connectivity index (χ2v) is 5.71. The molecule has 0 spiro atoms. The Hall–Kier alpha value is -3.94. The average molecular weight is 361 g/mol. The van der Waals surface area contributed by atoms with Gasteiger partial charge in [-0.1, -0.05) is 6.07 Å². The predicted octanol–water partition coefficient (Wildman–Crippen LogP) is 2.32. The summed E-state index contributed by atoms with van der Waals surface area (Å²) in [4.78, 5) is 28.6. The third-order valence-corrected chi connectivity index (χ3v) is 3.87. The van der Waals surface area contributed by atoms with Gasteiger partial charge >= 0.3 is 0 Å². The molecule has 0 saturated heterocycles. The van der Waals surface area contributed by atoms with E-state index in [9.17, 15) is 9.59 Å². The quantitative estimate of drug-likeness (QED) is 0.589. The van der Waals surface area contributed by atoms with Gasteiger partial charge in [0.2, 0.25) is 0 Å². The van der Waals surface area contributed by atoms with Gasteiger partial charge < -0.3 is 14.3 Å². The second kappa shape index (κ2) is 7.12. The Labute approximate surface area is 153 Å². The SMILES string of the molecule is O=C(Nc1cccnc1-n1cccn1)c1ccc(Cn2ccccc2=O)o1. The molecule has 4 rings (SSSR count). The average Bonchev–Trinajstić information content (AvgIpc) is 3.36. The summed E-state index contributed by atoms with van der Waals surface area (Å²) < 4.78 is 8.65. The summed E-state index contributed by atoms with van der Waals surface area (Å²) >= 11 is 0. The Morgan fingerprint density at radius 1 is 1.04 bits per heavy atom. The molecule has 134 valence electrons. The van der Waals surface area contributed by atoms with Gasteiger partial charge in [-0.15, -0.1) is 0 Å². The van der Waals surface area contributed by atoms with E-state index < -0.39 is 5.91 Å². The Bertz CT molecular complexity index is 1130. The Balaban J connectivity index is 1.53. The first kappa shape index (κ1) is 16.5. The minimum absolute atomic E-state index is 0.140. The van der Waals surface area contributed by atoms with Gasteiger partial charge in [-0.05, 0) is 36.4 Å². The van der Waals surface area contributed by atoms with Crippen LogP contribution in [-0.4, -0.2) is 25.2 Å². The molecule has 0 fully saturated rings. The van der Waals surface area contributed by atoms with Gasteiger partial charge in [-0.3, -0.25) is 9.59 Å². The minimum atomic E-state index is -0.414. The molecule has 0 unspecified atom stereocenters. The topological polar surface area (TPSA) is 95.0 Å². The lowest BCUT2D eigenvalue weighted by atomic mass is 10.3. The summed E-state index contributed by atoms with van der Waals surface area (Å²) in [6, 6.07) is 13.4. The van der Waals surface area contributed by atoms with E-state index in [2.05, 4.69) is 15.4 Å². The van der Waals surface area contributed by atoms with E-state index in [0.29, 0.717) is 17.3 Å². The number of amides is 1. The van der Waals surface area contributed by atoms with Gasteiger partial charge in [0.25, 0.3) is 11.5 Å². The smallest absolute Gasteiger partial charge is 0.291 e. The first-order valence-electron chi connectivity index (χ1n) is 8.21. The highest BCUT2D eigenvalue weighted by molar-refractivity contribution is 6.03. The van der Waals surface area contributed by atoms with E-state index in [0.717, 1.165) is 0 Å². The van der Waals surface area contributed by atoms with Crippen LogP contribution >= 0.6 is 0 Å². The number of hydrogen-bond donors (Lipinski definition) is 1. The van der Waals surface area contributed by atoms with Crippen molar-refractivity contribution in [3.63, 3.8) is 0 Å². The van der Waals surface area contributed by atoms with E-state index in [-0.39, 0.29) is 17.9 Å². The van der Waals surface area contributed by atoms with Crippen molar-refractivity contribution in [3.8, 4) is 5.82 Å². The molecule has 1 N–H and O–H groups in total. The molecule has 0 aromatic carbocycles. The molecular weight excluding hydrogens is 346 g/mol. The molecule has 0 aliphatic rings. The molecule has 4 aromatic rings. The largest absolute Gasteiger partial charge is 0.454 e. The van der Waals surface area contributed by atoms with Crippen LogP contribution < -0.4 is 10.9 Å². The van der Waals surface area contributed by atoms with E-state index in [1.807, 2.05) is 0 Å². The van der Waals surface area contributed by atoms with Gasteiger partial charge in [0, 0.05) is 30.9 Å². The molecule has 0 aliphatic carbocycles. The van der Waals surface area contributed by atoms with Crippen LogP contribution in [0.2, 0.25) is 0 Å². The van der Waals surface area contributed by atoms with E-state index in [1.165, 1.54) is 10.6 Å². The number of pyridine rings is 2. The molecular formula is C19H15N5O3. The van der Waals surface area contributed by atoms with Gasteiger partial charge in [0.05, 0.1) is 12.2 Å². The standard InChI is InChI=1S/C19H15N5O3/c25-17-6-1-2-11-23(17)13-14-7-8-16(27-14)19(26)22-15-5-3-9-20-18(15)24-12-4-10-21-24/h1-12H,13H2,(H,22,26). The van der Waals surface area contributed by atoms with Gasteiger partial charge in [-0.25, -0.2) is 9.67 Å². The van der Waals surface area contributed by atoms with Crippen molar-refractivity contribution in [2.45, 2.75) is 6.54 Å². The molecule has 0 atom stereocenters. The molecule has 0 aliphatic heterocycles. The van der Waals surface area contributed by atoms with E-state index in [1.54, 1.807) is 71.9 Å². The lowest BCUT2D eigenvalue weighted by Gasteiger charge is -2.08. The van der Waals surface area contributed by atoms with Crippen LogP contribution in [0, 0.1) is 0 Å². The number of nitrogens with one attached hydrogen (secondary N) is 1. The first-order chi connectivity index (χ1) is 13.2.